The molecular weight excluding hydrogens is 340 g/mol. The predicted octanol–water partition coefficient (Wildman–Crippen LogP) is 3.85. The first-order valence-corrected chi connectivity index (χ1v) is 8.81. The van der Waals surface area contributed by atoms with Gasteiger partial charge >= 0.3 is 5.97 Å². The fourth-order valence-corrected chi connectivity index (χ4v) is 2.87. The van der Waals surface area contributed by atoms with E-state index in [9.17, 15) is 9.90 Å². The van der Waals surface area contributed by atoms with Gasteiger partial charge < -0.3 is 14.6 Å². The van der Waals surface area contributed by atoms with Crippen LogP contribution < -0.4 is 4.74 Å². The van der Waals surface area contributed by atoms with Crippen LogP contribution in [0.15, 0.2) is 84.9 Å². The fourth-order valence-electron chi connectivity index (χ4n) is 2.87. The van der Waals surface area contributed by atoms with Gasteiger partial charge in [-0.05, 0) is 29.7 Å². The third-order valence-corrected chi connectivity index (χ3v) is 4.35. The highest BCUT2D eigenvalue weighted by atomic mass is 16.6. The topological polar surface area (TPSA) is 55.8 Å². The van der Waals surface area contributed by atoms with E-state index in [2.05, 4.69) is 0 Å². The molecule has 0 aliphatic carbocycles. The molecule has 0 aromatic heterocycles. The number of hydrogen-bond acceptors (Lipinski definition) is 4. The minimum absolute atomic E-state index is 0.0368. The molecule has 4 heteroatoms. The third-order valence-electron chi connectivity index (χ3n) is 4.35. The summed E-state index contributed by atoms with van der Waals surface area (Å²) < 4.78 is 11.0. The number of esters is 1. The van der Waals surface area contributed by atoms with E-state index < -0.39 is 11.6 Å². The standard InChI is InChI=1S/C23H22O4/c1-18-10-8-9-15-21(18)26-16-17-27-22(24)23(25,19-11-4-2-5-12-19)20-13-6-3-7-14-20/h2-15,25H,16-17H2,1H3. The van der Waals surface area contributed by atoms with Crippen LogP contribution in [0.3, 0.4) is 0 Å². The van der Waals surface area contributed by atoms with Crippen molar-refractivity contribution in [2.45, 2.75) is 12.5 Å². The van der Waals surface area contributed by atoms with Crippen molar-refractivity contribution >= 4 is 5.97 Å². The average molecular weight is 362 g/mol. The lowest BCUT2D eigenvalue weighted by Crippen LogP contribution is -2.39. The Bertz CT molecular complexity index is 836. The van der Waals surface area contributed by atoms with Gasteiger partial charge in [0, 0.05) is 0 Å². The van der Waals surface area contributed by atoms with Crippen LogP contribution in [0.5, 0.6) is 5.75 Å². The number of benzene rings is 3. The number of aliphatic hydroxyl groups is 1. The predicted molar refractivity (Wildman–Crippen MR) is 104 cm³/mol. The number of ether oxygens (including phenoxy) is 2. The number of para-hydroxylation sites is 1. The highest BCUT2D eigenvalue weighted by Gasteiger charge is 2.41. The van der Waals surface area contributed by atoms with Crippen molar-refractivity contribution < 1.29 is 19.4 Å². The molecule has 0 radical (unpaired) electrons. The highest BCUT2D eigenvalue weighted by Crippen LogP contribution is 2.31. The normalized spacial score (nSPS) is 11.0. The van der Waals surface area contributed by atoms with Crippen molar-refractivity contribution in [2.75, 3.05) is 13.2 Å². The van der Waals surface area contributed by atoms with Gasteiger partial charge in [-0.25, -0.2) is 4.79 Å². The second-order valence-electron chi connectivity index (χ2n) is 6.19. The van der Waals surface area contributed by atoms with Gasteiger partial charge in [0.2, 0.25) is 5.60 Å². The van der Waals surface area contributed by atoms with Crippen molar-refractivity contribution in [3.8, 4) is 5.75 Å². The molecule has 3 aromatic carbocycles. The van der Waals surface area contributed by atoms with Crippen LogP contribution in [0.2, 0.25) is 0 Å². The average Bonchev–Trinajstić information content (AvgIpc) is 2.73. The molecule has 1 N–H and O–H groups in total. The van der Waals surface area contributed by atoms with Gasteiger partial charge in [-0.15, -0.1) is 0 Å². The molecule has 27 heavy (non-hydrogen) atoms. The smallest absolute Gasteiger partial charge is 0.347 e. The van der Waals surface area contributed by atoms with E-state index in [1.54, 1.807) is 48.5 Å². The largest absolute Gasteiger partial charge is 0.490 e. The summed E-state index contributed by atoms with van der Waals surface area (Å²) in [5.41, 5.74) is 0.0569. The zero-order chi connectivity index (χ0) is 19.1. The van der Waals surface area contributed by atoms with Crippen LogP contribution in [-0.2, 0) is 15.1 Å². The number of hydrogen-bond donors (Lipinski definition) is 1. The molecule has 0 saturated heterocycles. The first-order valence-electron chi connectivity index (χ1n) is 8.81. The zero-order valence-electron chi connectivity index (χ0n) is 15.2. The van der Waals surface area contributed by atoms with Crippen LogP contribution >= 0.6 is 0 Å². The Labute approximate surface area is 159 Å². The van der Waals surface area contributed by atoms with E-state index in [1.165, 1.54) is 0 Å². The van der Waals surface area contributed by atoms with Gasteiger partial charge in [0.25, 0.3) is 0 Å². The molecule has 0 aliphatic heterocycles. The molecule has 0 amide bonds. The molecule has 0 spiro atoms. The van der Waals surface area contributed by atoms with Crippen molar-refractivity contribution in [2.24, 2.45) is 0 Å². The van der Waals surface area contributed by atoms with Crippen molar-refractivity contribution in [1.82, 2.24) is 0 Å². The second kappa shape index (κ2) is 8.52. The van der Waals surface area contributed by atoms with Crippen molar-refractivity contribution in [3.05, 3.63) is 102 Å². The summed E-state index contributed by atoms with van der Waals surface area (Å²) in [5.74, 6) is 0.0169. The summed E-state index contributed by atoms with van der Waals surface area (Å²) in [6.07, 6.45) is 0. The summed E-state index contributed by atoms with van der Waals surface area (Å²) in [7, 11) is 0. The lowest BCUT2D eigenvalue weighted by Gasteiger charge is -2.27. The van der Waals surface area contributed by atoms with E-state index in [-0.39, 0.29) is 13.2 Å². The van der Waals surface area contributed by atoms with E-state index in [4.69, 9.17) is 9.47 Å². The van der Waals surface area contributed by atoms with Crippen molar-refractivity contribution in [3.63, 3.8) is 0 Å². The Morgan fingerprint density at radius 3 is 1.89 bits per heavy atom. The first-order chi connectivity index (χ1) is 13.1. The maximum atomic E-state index is 12.8. The molecule has 0 aliphatic rings. The van der Waals surface area contributed by atoms with E-state index >= 15 is 0 Å². The van der Waals surface area contributed by atoms with Crippen LogP contribution in [0.4, 0.5) is 0 Å². The summed E-state index contributed by atoms with van der Waals surface area (Å²) in [6, 6.07) is 25.2. The number of carbonyl (C=O) groups is 1. The molecule has 3 rings (SSSR count). The second-order valence-corrected chi connectivity index (χ2v) is 6.19. The van der Waals surface area contributed by atoms with Crippen LogP contribution in [0.1, 0.15) is 16.7 Å². The third kappa shape index (κ3) is 4.18. The summed E-state index contributed by atoms with van der Waals surface area (Å²) >= 11 is 0. The van der Waals surface area contributed by atoms with E-state index in [0.29, 0.717) is 11.1 Å². The molecule has 0 atom stereocenters. The minimum atomic E-state index is -1.87. The van der Waals surface area contributed by atoms with E-state index in [1.807, 2.05) is 43.3 Å². The Morgan fingerprint density at radius 2 is 1.33 bits per heavy atom. The van der Waals surface area contributed by atoms with Gasteiger partial charge in [0.15, 0.2) is 0 Å². The van der Waals surface area contributed by atoms with Gasteiger partial charge in [-0.3, -0.25) is 0 Å². The van der Waals surface area contributed by atoms with Crippen molar-refractivity contribution in [1.29, 1.82) is 0 Å². The number of carbonyl (C=O) groups excluding carboxylic acids is 1. The Kier molecular flexibility index (Phi) is 5.89. The molecule has 0 heterocycles. The SMILES string of the molecule is Cc1ccccc1OCCOC(=O)C(O)(c1ccccc1)c1ccccc1. The number of rotatable bonds is 7. The van der Waals surface area contributed by atoms with Crippen LogP contribution in [0.25, 0.3) is 0 Å². The van der Waals surface area contributed by atoms with Gasteiger partial charge in [0.05, 0.1) is 0 Å². The molecule has 3 aromatic rings. The van der Waals surface area contributed by atoms with Gasteiger partial charge in [-0.2, -0.15) is 0 Å². The molecule has 0 bridgehead atoms. The number of aryl methyl sites for hydroxylation is 1. The van der Waals surface area contributed by atoms with E-state index in [0.717, 1.165) is 11.3 Å². The highest BCUT2D eigenvalue weighted by molar-refractivity contribution is 5.85. The summed E-state index contributed by atoms with van der Waals surface area (Å²) in [6.45, 7) is 2.19. The monoisotopic (exact) mass is 362 g/mol. The lowest BCUT2D eigenvalue weighted by atomic mass is 9.86. The molecule has 0 unspecified atom stereocenters. The minimum Gasteiger partial charge on any atom is -0.490 e. The molecular formula is C23H22O4. The van der Waals surface area contributed by atoms with Gasteiger partial charge in [-0.1, -0.05) is 78.9 Å². The first kappa shape index (κ1) is 18.7. The molecule has 0 saturated carbocycles. The fraction of sp³-hybridized carbons (Fsp3) is 0.174. The summed E-state index contributed by atoms with van der Waals surface area (Å²) in [4.78, 5) is 12.8. The molecule has 138 valence electrons. The molecule has 0 fully saturated rings. The maximum Gasteiger partial charge on any atom is 0.347 e. The van der Waals surface area contributed by atoms with Gasteiger partial charge in [0.1, 0.15) is 19.0 Å². The Hall–Kier alpha value is -3.11. The Morgan fingerprint density at radius 1 is 0.815 bits per heavy atom. The van der Waals surface area contributed by atoms with Crippen LogP contribution in [0, 0.1) is 6.92 Å². The van der Waals surface area contributed by atoms with Crippen LogP contribution in [-0.4, -0.2) is 24.3 Å². The Balaban J connectivity index is 1.72. The molecule has 4 nitrogen and oxygen atoms in total. The lowest BCUT2D eigenvalue weighted by molar-refractivity contribution is -0.162. The maximum absolute atomic E-state index is 12.8. The quantitative estimate of drug-likeness (QED) is 0.512. The summed E-state index contributed by atoms with van der Waals surface area (Å²) in [5, 5.41) is 11.3. The zero-order valence-corrected chi connectivity index (χ0v) is 15.2.